The molecule has 0 spiro atoms. The van der Waals surface area contributed by atoms with E-state index < -0.39 is 0 Å². The summed E-state index contributed by atoms with van der Waals surface area (Å²) in [5, 5.41) is 11.5. The predicted octanol–water partition coefficient (Wildman–Crippen LogP) is 2.86. The van der Waals surface area contributed by atoms with Gasteiger partial charge in [0.2, 0.25) is 0 Å². The standard InChI is InChI=1S/C21H18FNO/c1-13-17(8-9-24)19-11-16(22)6-7-18(19)21(13)15-10-14-4-2-3-5-20(14)23-12-15/h2-7,10-11,24H,8-9,12H2,1H3/b21-15-. The summed E-state index contributed by atoms with van der Waals surface area (Å²) in [6.07, 6.45) is 2.71. The average molecular weight is 319 g/mol. The minimum absolute atomic E-state index is 0.0577. The number of aliphatic hydroxyl groups excluding tert-OH is 1. The van der Waals surface area contributed by atoms with Crippen molar-refractivity contribution in [3.05, 3.63) is 81.1 Å². The van der Waals surface area contributed by atoms with Crippen molar-refractivity contribution < 1.29 is 9.50 Å². The monoisotopic (exact) mass is 319 g/mol. The average Bonchev–Trinajstić information content (AvgIpc) is 2.86. The molecule has 0 bridgehead atoms. The molecular formula is C21H18FNO. The van der Waals surface area contributed by atoms with E-state index in [1.165, 1.54) is 6.07 Å². The lowest BCUT2D eigenvalue weighted by molar-refractivity contribution is 0.305. The molecule has 2 aromatic rings. The van der Waals surface area contributed by atoms with E-state index in [4.69, 9.17) is 0 Å². The molecular weight excluding hydrogens is 301 g/mol. The van der Waals surface area contributed by atoms with Crippen molar-refractivity contribution in [1.29, 1.82) is 0 Å². The number of aliphatic hydroxyl groups is 1. The second kappa shape index (κ2) is 5.84. The topological polar surface area (TPSA) is 32.6 Å². The number of allylic oxidation sites excluding steroid dienone is 2. The van der Waals surface area contributed by atoms with Crippen molar-refractivity contribution in [3.8, 4) is 0 Å². The molecule has 0 aromatic heterocycles. The Labute approximate surface area is 140 Å². The summed E-state index contributed by atoms with van der Waals surface area (Å²) in [6.45, 7) is 2.73. The van der Waals surface area contributed by atoms with Crippen molar-refractivity contribution in [2.24, 2.45) is 4.99 Å². The summed E-state index contributed by atoms with van der Waals surface area (Å²) in [6, 6.07) is 13.0. The van der Waals surface area contributed by atoms with Crippen LogP contribution in [0.4, 0.5) is 4.39 Å². The van der Waals surface area contributed by atoms with Crippen LogP contribution >= 0.6 is 0 Å². The first-order chi connectivity index (χ1) is 11.7. The number of rotatable bonds is 2. The number of hydrogen-bond acceptors (Lipinski definition) is 2. The molecule has 0 radical (unpaired) electrons. The largest absolute Gasteiger partial charge is 0.396 e. The summed E-state index contributed by atoms with van der Waals surface area (Å²) >= 11 is 0. The Hall–Kier alpha value is -2.52. The maximum Gasteiger partial charge on any atom is 0.123 e. The van der Waals surface area contributed by atoms with Crippen molar-refractivity contribution >= 4 is 17.2 Å². The zero-order valence-electron chi connectivity index (χ0n) is 13.5. The van der Waals surface area contributed by atoms with Crippen molar-refractivity contribution in [3.63, 3.8) is 0 Å². The predicted molar refractivity (Wildman–Crippen MR) is 94.2 cm³/mol. The molecule has 4 rings (SSSR count). The van der Waals surface area contributed by atoms with Gasteiger partial charge in [0, 0.05) is 11.8 Å². The summed E-state index contributed by atoms with van der Waals surface area (Å²) in [5.74, 6) is -0.245. The number of hydrogen-bond donors (Lipinski definition) is 1. The fraction of sp³-hybridized carbons (Fsp3) is 0.190. The summed E-state index contributed by atoms with van der Waals surface area (Å²) in [5.41, 5.74) is 6.36. The molecule has 1 heterocycles. The molecule has 24 heavy (non-hydrogen) atoms. The Balaban J connectivity index is 1.98. The van der Waals surface area contributed by atoms with Crippen molar-refractivity contribution in [2.45, 2.75) is 13.3 Å². The molecule has 0 saturated heterocycles. The van der Waals surface area contributed by atoms with E-state index in [0.29, 0.717) is 13.0 Å². The first kappa shape index (κ1) is 15.0. The van der Waals surface area contributed by atoms with Crippen LogP contribution in [0.1, 0.15) is 24.5 Å². The quantitative estimate of drug-likeness (QED) is 0.907. The van der Waals surface area contributed by atoms with Gasteiger partial charge in [-0.2, -0.15) is 0 Å². The molecule has 1 aliphatic heterocycles. The normalized spacial score (nSPS) is 18.8. The fourth-order valence-corrected chi connectivity index (χ4v) is 3.70. The van der Waals surface area contributed by atoms with Crippen LogP contribution < -0.4 is 10.6 Å². The van der Waals surface area contributed by atoms with Gasteiger partial charge in [-0.05, 0) is 71.0 Å². The highest BCUT2D eigenvalue weighted by atomic mass is 19.1. The number of halogens is 1. The fourth-order valence-electron chi connectivity index (χ4n) is 3.70. The third-order valence-corrected chi connectivity index (χ3v) is 4.77. The van der Waals surface area contributed by atoms with Gasteiger partial charge in [-0.3, -0.25) is 4.99 Å². The maximum absolute atomic E-state index is 13.7. The van der Waals surface area contributed by atoms with Crippen molar-refractivity contribution in [1.82, 2.24) is 0 Å². The van der Waals surface area contributed by atoms with E-state index >= 15 is 0 Å². The third kappa shape index (κ3) is 2.33. The number of nitrogens with zero attached hydrogens (tertiary/aromatic N) is 1. The van der Waals surface area contributed by atoms with Crippen LogP contribution in [0.2, 0.25) is 0 Å². The van der Waals surface area contributed by atoms with Crippen LogP contribution in [0.25, 0.3) is 17.2 Å². The Morgan fingerprint density at radius 1 is 1.12 bits per heavy atom. The van der Waals surface area contributed by atoms with Gasteiger partial charge < -0.3 is 5.11 Å². The molecule has 0 amide bonds. The van der Waals surface area contributed by atoms with E-state index in [9.17, 15) is 9.50 Å². The molecule has 0 saturated carbocycles. The number of fused-ring (bicyclic) bond motifs is 2. The lowest BCUT2D eigenvalue weighted by Gasteiger charge is -2.12. The zero-order chi connectivity index (χ0) is 16.7. The smallest absolute Gasteiger partial charge is 0.123 e. The molecule has 120 valence electrons. The van der Waals surface area contributed by atoms with Gasteiger partial charge in [-0.25, -0.2) is 4.39 Å². The Morgan fingerprint density at radius 3 is 2.79 bits per heavy atom. The van der Waals surface area contributed by atoms with E-state index in [2.05, 4.69) is 24.1 Å². The third-order valence-electron chi connectivity index (χ3n) is 4.77. The first-order valence-electron chi connectivity index (χ1n) is 8.14. The first-order valence-corrected chi connectivity index (χ1v) is 8.14. The highest BCUT2D eigenvalue weighted by molar-refractivity contribution is 6.02. The maximum atomic E-state index is 13.7. The minimum Gasteiger partial charge on any atom is -0.396 e. The second-order valence-corrected chi connectivity index (χ2v) is 6.19. The molecule has 2 aromatic carbocycles. The van der Waals surface area contributed by atoms with Crippen LogP contribution in [-0.4, -0.2) is 18.3 Å². The number of benzene rings is 2. The summed E-state index contributed by atoms with van der Waals surface area (Å²) < 4.78 is 13.7. The van der Waals surface area contributed by atoms with Gasteiger partial charge in [0.15, 0.2) is 0 Å². The van der Waals surface area contributed by atoms with E-state index in [1.807, 2.05) is 24.3 Å². The summed E-state index contributed by atoms with van der Waals surface area (Å²) in [7, 11) is 0. The zero-order valence-corrected chi connectivity index (χ0v) is 13.5. The van der Waals surface area contributed by atoms with Crippen LogP contribution in [0.15, 0.2) is 58.6 Å². The highest BCUT2D eigenvalue weighted by Crippen LogP contribution is 2.44. The molecule has 3 heteroatoms. The molecule has 1 N–H and O–H groups in total. The second-order valence-electron chi connectivity index (χ2n) is 6.19. The van der Waals surface area contributed by atoms with Gasteiger partial charge in [0.25, 0.3) is 0 Å². The Kier molecular flexibility index (Phi) is 3.66. The van der Waals surface area contributed by atoms with Gasteiger partial charge >= 0.3 is 0 Å². The Morgan fingerprint density at radius 2 is 1.96 bits per heavy atom. The Bertz CT molecular complexity index is 1010. The summed E-state index contributed by atoms with van der Waals surface area (Å²) in [4.78, 5) is 4.68. The van der Waals surface area contributed by atoms with E-state index in [0.717, 1.165) is 44.0 Å². The van der Waals surface area contributed by atoms with Crippen LogP contribution in [0.3, 0.4) is 0 Å². The minimum atomic E-state index is -0.245. The lowest BCUT2D eigenvalue weighted by atomic mass is 9.95. The van der Waals surface area contributed by atoms with Gasteiger partial charge in [0.05, 0.1) is 11.9 Å². The lowest BCUT2D eigenvalue weighted by Crippen LogP contribution is -2.28. The SMILES string of the molecule is CC1=C(CCO)c2cc(F)ccc2/C1=C1/C=c2ccccc2=NC1. The molecule has 2 nitrogen and oxygen atoms in total. The van der Waals surface area contributed by atoms with Gasteiger partial charge in [0.1, 0.15) is 5.82 Å². The van der Waals surface area contributed by atoms with Crippen LogP contribution in [0.5, 0.6) is 0 Å². The molecule has 0 unspecified atom stereocenters. The van der Waals surface area contributed by atoms with Gasteiger partial charge in [-0.1, -0.05) is 24.3 Å². The van der Waals surface area contributed by atoms with Crippen LogP contribution in [-0.2, 0) is 0 Å². The van der Waals surface area contributed by atoms with Crippen LogP contribution in [0, 0.1) is 5.82 Å². The molecule has 0 atom stereocenters. The van der Waals surface area contributed by atoms with Gasteiger partial charge in [-0.15, -0.1) is 0 Å². The molecule has 1 aliphatic carbocycles. The number of para-hydroxylation sites is 1. The van der Waals surface area contributed by atoms with E-state index in [1.54, 1.807) is 6.07 Å². The van der Waals surface area contributed by atoms with Crippen molar-refractivity contribution in [2.75, 3.05) is 13.2 Å². The molecule has 0 fully saturated rings. The highest BCUT2D eigenvalue weighted by Gasteiger charge is 2.26. The molecule has 2 aliphatic rings. The van der Waals surface area contributed by atoms with E-state index in [-0.39, 0.29) is 12.4 Å².